The van der Waals surface area contributed by atoms with E-state index < -0.39 is 0 Å². The van der Waals surface area contributed by atoms with Crippen LogP contribution in [-0.4, -0.2) is 11.8 Å². The average Bonchev–Trinajstić information content (AvgIpc) is 4.24. The first-order valence-corrected chi connectivity index (χ1v) is 28.6. The fourth-order valence-corrected chi connectivity index (χ4v) is 15.3. The lowest BCUT2D eigenvalue weighted by Crippen LogP contribution is -2.36. The zero-order valence-corrected chi connectivity index (χ0v) is 46.7. The number of furan rings is 2. The van der Waals surface area contributed by atoms with Gasteiger partial charge in [0.25, 0.3) is 0 Å². The van der Waals surface area contributed by atoms with Gasteiger partial charge in [-0.25, -0.2) is 0 Å². The van der Waals surface area contributed by atoms with Gasteiger partial charge in [0.2, 0.25) is 7.28 Å². The molecule has 0 saturated carbocycles. The van der Waals surface area contributed by atoms with Crippen LogP contribution in [0.15, 0.2) is 142 Å². The second-order valence-electron chi connectivity index (χ2n) is 26.6. The molecule has 0 atom stereocenters. The Bertz CT molecular complexity index is 4490. The molecular formula is C70H65BN2O2S. The van der Waals surface area contributed by atoms with Crippen LogP contribution in [0.2, 0.25) is 0 Å². The van der Waals surface area contributed by atoms with Crippen LogP contribution in [0.5, 0.6) is 0 Å². The molecule has 5 heterocycles. The third-order valence-electron chi connectivity index (χ3n) is 18.9. The van der Waals surface area contributed by atoms with Crippen molar-refractivity contribution in [1.82, 2.24) is 4.57 Å². The summed E-state index contributed by atoms with van der Waals surface area (Å²) in [6.07, 6.45) is 4.64. The number of para-hydroxylation sites is 1. The summed E-state index contributed by atoms with van der Waals surface area (Å²) >= 11 is 1.94. The van der Waals surface area contributed by atoms with E-state index in [2.05, 4.69) is 220 Å². The fraction of sp³-hybridized carbons (Fsp3) is 0.286. The van der Waals surface area contributed by atoms with Crippen LogP contribution < -0.4 is 16.4 Å². The molecule has 0 fully saturated rings. The minimum absolute atomic E-state index is 0.00495. The molecule has 4 aromatic heterocycles. The molecule has 1 N–H and O–H groups in total. The number of hydrogen-bond acceptors (Lipinski definition) is 4. The van der Waals surface area contributed by atoms with Crippen molar-refractivity contribution in [2.24, 2.45) is 0 Å². The predicted octanol–water partition coefficient (Wildman–Crippen LogP) is 18.6. The first-order valence-electron chi connectivity index (χ1n) is 27.8. The largest absolute Gasteiger partial charge is 0.469 e. The Hall–Kier alpha value is -7.02. The molecule has 376 valence electrons. The molecule has 3 aliphatic rings. The van der Waals surface area contributed by atoms with Crippen LogP contribution in [0.4, 0.5) is 11.4 Å². The van der Waals surface area contributed by atoms with E-state index in [-0.39, 0.29) is 27.1 Å². The second kappa shape index (κ2) is 15.3. The smallest absolute Gasteiger partial charge is 0.244 e. The standard InChI is InChI=1S/C70H65BN2O2S/c1-66(2,3)40-22-24-41(25-23-40)72-52-34-44-43-32-48-51(70(10,11)30-28-67(48,4)5)37-57(43)76-56(44)35-45(52)58-59-42-19-15-16-20-54(42)74-64(59)60-46-33-49-50(69(8,9)29-27-68(49,6)7)36-53(46)73-62-47-31-39(38-17-13-12-14-18-38)21-26-55(47)75-65(62)71-61(58)63(60)73/h12-26,31-37,71-72H,27-30H2,1-11H3. The van der Waals surface area contributed by atoms with Gasteiger partial charge < -0.3 is 18.7 Å². The van der Waals surface area contributed by atoms with Gasteiger partial charge in [-0.15, -0.1) is 11.3 Å². The average molecular weight is 1010 g/mol. The molecule has 0 radical (unpaired) electrons. The van der Waals surface area contributed by atoms with E-state index >= 15 is 0 Å². The SMILES string of the molecule is CC(C)(C)c1ccc(Nc2cc3c(cc2-c2c4c5c(c6cc7c(cc6n5-c5c(oc6ccc(-c8ccccc8)cc56)B4)C(C)(C)CCC7(C)C)c4oc5ccccc5c24)sc2cc4c(cc23)C(C)(C)CCC4(C)C)cc1. The van der Waals surface area contributed by atoms with E-state index in [1.54, 1.807) is 0 Å². The quantitative estimate of drug-likeness (QED) is 0.179. The maximum absolute atomic E-state index is 7.42. The van der Waals surface area contributed by atoms with Crippen LogP contribution in [0, 0.1) is 0 Å². The monoisotopic (exact) mass is 1010 g/mol. The Morgan fingerprint density at radius 3 is 1.84 bits per heavy atom. The number of fused-ring (bicyclic) bond motifs is 16. The maximum atomic E-state index is 7.42. The molecule has 12 aromatic rings. The summed E-state index contributed by atoms with van der Waals surface area (Å²) < 4.78 is 19.9. The van der Waals surface area contributed by atoms with Crippen LogP contribution >= 0.6 is 11.3 Å². The van der Waals surface area contributed by atoms with E-state index in [4.69, 9.17) is 8.83 Å². The lowest BCUT2D eigenvalue weighted by atomic mass is 9.61. The third-order valence-corrected chi connectivity index (χ3v) is 20.0. The molecule has 8 aromatic carbocycles. The Balaban J connectivity index is 1.10. The van der Waals surface area contributed by atoms with Gasteiger partial charge in [0.15, 0.2) is 0 Å². The number of anilines is 2. The molecule has 0 bridgehead atoms. The molecule has 0 spiro atoms. The van der Waals surface area contributed by atoms with E-state index in [0.717, 1.165) is 68.5 Å². The van der Waals surface area contributed by atoms with Crippen LogP contribution in [0.3, 0.4) is 0 Å². The number of thiophene rings is 1. The molecule has 15 rings (SSSR count). The Labute approximate surface area is 450 Å². The highest BCUT2D eigenvalue weighted by Crippen LogP contribution is 2.54. The Morgan fingerprint density at radius 2 is 1.14 bits per heavy atom. The van der Waals surface area contributed by atoms with Crippen molar-refractivity contribution in [2.75, 3.05) is 5.32 Å². The minimum Gasteiger partial charge on any atom is -0.469 e. The summed E-state index contributed by atoms with van der Waals surface area (Å²) in [4.78, 5) is 0. The van der Waals surface area contributed by atoms with Crippen LogP contribution in [0.25, 0.3) is 103 Å². The van der Waals surface area contributed by atoms with Gasteiger partial charge in [-0.05, 0) is 169 Å². The van der Waals surface area contributed by atoms with Gasteiger partial charge in [0, 0.05) is 58.7 Å². The molecule has 0 saturated heterocycles. The number of hydrogen-bond donors (Lipinski definition) is 1. The number of rotatable bonds is 4. The molecular weight excluding hydrogens is 944 g/mol. The summed E-state index contributed by atoms with van der Waals surface area (Å²) in [6, 6.07) is 50.7. The highest BCUT2D eigenvalue weighted by atomic mass is 32.1. The van der Waals surface area contributed by atoms with Crippen molar-refractivity contribution in [3.63, 3.8) is 0 Å². The first kappa shape index (κ1) is 46.3. The molecule has 76 heavy (non-hydrogen) atoms. The van der Waals surface area contributed by atoms with E-state index in [0.29, 0.717) is 7.28 Å². The molecule has 0 unspecified atom stereocenters. The van der Waals surface area contributed by atoms with Gasteiger partial charge in [0.1, 0.15) is 16.7 Å². The van der Waals surface area contributed by atoms with Crippen LogP contribution in [-0.2, 0) is 27.1 Å². The lowest BCUT2D eigenvalue weighted by Gasteiger charge is -2.42. The van der Waals surface area contributed by atoms with E-state index in [9.17, 15) is 0 Å². The second-order valence-corrected chi connectivity index (χ2v) is 27.7. The summed E-state index contributed by atoms with van der Waals surface area (Å²) in [5, 5.41) is 12.6. The van der Waals surface area contributed by atoms with Crippen molar-refractivity contribution in [3.05, 3.63) is 161 Å². The van der Waals surface area contributed by atoms with Gasteiger partial charge in [-0.3, -0.25) is 0 Å². The molecule has 2 aliphatic carbocycles. The summed E-state index contributed by atoms with van der Waals surface area (Å²) in [7, 11) is 0.625. The number of nitrogens with zero attached hydrogens (tertiary/aromatic N) is 1. The number of nitrogens with one attached hydrogen (secondary N) is 1. The lowest BCUT2D eigenvalue weighted by molar-refractivity contribution is 0.332. The van der Waals surface area contributed by atoms with Gasteiger partial charge >= 0.3 is 0 Å². The Kier molecular flexibility index (Phi) is 9.35. The van der Waals surface area contributed by atoms with E-state index in [1.807, 2.05) is 11.3 Å². The van der Waals surface area contributed by atoms with Crippen molar-refractivity contribution in [2.45, 2.75) is 129 Å². The minimum atomic E-state index is 0.00495. The Morgan fingerprint density at radius 1 is 0.539 bits per heavy atom. The van der Waals surface area contributed by atoms with Gasteiger partial charge in [-0.2, -0.15) is 0 Å². The topological polar surface area (TPSA) is 43.2 Å². The fourth-order valence-electron chi connectivity index (χ4n) is 14.2. The summed E-state index contributed by atoms with van der Waals surface area (Å²) in [5.74, 6) is 0. The van der Waals surface area contributed by atoms with Crippen molar-refractivity contribution in [3.8, 4) is 27.9 Å². The van der Waals surface area contributed by atoms with Gasteiger partial charge in [0.05, 0.1) is 27.8 Å². The predicted molar refractivity (Wildman–Crippen MR) is 327 cm³/mol. The first-order chi connectivity index (χ1) is 36.2. The highest BCUT2D eigenvalue weighted by molar-refractivity contribution is 7.25. The number of benzene rings is 8. The van der Waals surface area contributed by atoms with Crippen molar-refractivity contribution < 1.29 is 8.83 Å². The van der Waals surface area contributed by atoms with Gasteiger partial charge in [-0.1, -0.05) is 143 Å². The van der Waals surface area contributed by atoms with Crippen molar-refractivity contribution in [1.29, 1.82) is 0 Å². The highest BCUT2D eigenvalue weighted by Gasteiger charge is 2.41. The number of aromatic nitrogens is 1. The zero-order chi connectivity index (χ0) is 52.2. The zero-order valence-electron chi connectivity index (χ0n) is 45.9. The maximum Gasteiger partial charge on any atom is 0.244 e. The molecule has 4 nitrogen and oxygen atoms in total. The van der Waals surface area contributed by atoms with Crippen molar-refractivity contribution >= 4 is 116 Å². The molecule has 1 aliphatic heterocycles. The third kappa shape index (κ3) is 6.55. The summed E-state index contributed by atoms with van der Waals surface area (Å²) in [5.41, 5.74) is 22.9. The van der Waals surface area contributed by atoms with Crippen LogP contribution in [0.1, 0.15) is 130 Å². The molecule has 6 heteroatoms. The molecule has 0 amide bonds. The summed E-state index contributed by atoms with van der Waals surface area (Å²) in [6.45, 7) is 26.4. The van der Waals surface area contributed by atoms with E-state index in [1.165, 1.54) is 110 Å². The normalized spacial score (nSPS) is 17.2.